The van der Waals surface area contributed by atoms with E-state index in [1.54, 1.807) is 0 Å². The number of carboxylic acid groups (broad SMARTS) is 1. The molecule has 0 aliphatic heterocycles. The molecule has 0 aromatic heterocycles. The van der Waals surface area contributed by atoms with E-state index in [2.05, 4.69) is 5.32 Å². The van der Waals surface area contributed by atoms with Crippen LogP contribution in [0.1, 0.15) is 33.1 Å². The summed E-state index contributed by atoms with van der Waals surface area (Å²) >= 11 is 0. The van der Waals surface area contributed by atoms with Gasteiger partial charge in [-0.25, -0.2) is 0 Å². The number of rotatable bonds is 8. The first kappa shape index (κ1) is 15.8. The van der Waals surface area contributed by atoms with Crippen molar-refractivity contribution in [2.45, 2.75) is 39.5 Å². The lowest BCUT2D eigenvalue weighted by molar-refractivity contribution is -0.137. The zero-order chi connectivity index (χ0) is 13.4. The van der Waals surface area contributed by atoms with Crippen molar-refractivity contribution in [3.63, 3.8) is 0 Å². The number of halogens is 2. The third-order valence-corrected chi connectivity index (χ3v) is 2.68. The van der Waals surface area contributed by atoms with Gasteiger partial charge < -0.3 is 10.4 Å². The minimum Gasteiger partial charge on any atom is -0.481 e. The average Bonchev–Trinajstić information content (AvgIpc) is 2.21. The molecule has 1 unspecified atom stereocenters. The third kappa shape index (κ3) is 7.65. The molecular weight excluding hydrogens is 232 g/mol. The van der Waals surface area contributed by atoms with Crippen LogP contribution in [-0.4, -0.2) is 30.0 Å². The van der Waals surface area contributed by atoms with E-state index < -0.39 is 18.3 Å². The Kier molecular flexibility index (Phi) is 7.41. The predicted octanol–water partition coefficient (Wildman–Crippen LogP) is 1.89. The fourth-order valence-corrected chi connectivity index (χ4v) is 1.58. The average molecular weight is 251 g/mol. The van der Waals surface area contributed by atoms with E-state index in [1.165, 1.54) is 0 Å². The summed E-state index contributed by atoms with van der Waals surface area (Å²) in [6.45, 7) is 4.05. The van der Waals surface area contributed by atoms with Gasteiger partial charge in [-0.2, -0.15) is 8.78 Å². The smallest absolute Gasteiger partial charge is 0.315 e. The Morgan fingerprint density at radius 2 is 1.82 bits per heavy atom. The van der Waals surface area contributed by atoms with Crippen molar-refractivity contribution in [2.24, 2.45) is 11.8 Å². The van der Waals surface area contributed by atoms with Crippen LogP contribution in [0, 0.1) is 11.8 Å². The van der Waals surface area contributed by atoms with Gasteiger partial charge in [0.2, 0.25) is 0 Å². The van der Waals surface area contributed by atoms with Crippen molar-refractivity contribution in [3.05, 3.63) is 0 Å². The molecule has 0 bridgehead atoms. The molecule has 6 heteroatoms. The van der Waals surface area contributed by atoms with Crippen molar-refractivity contribution in [2.75, 3.05) is 6.54 Å². The number of nitrogens with one attached hydrogen (secondary N) is 1. The molecule has 100 valence electrons. The summed E-state index contributed by atoms with van der Waals surface area (Å²) in [7, 11) is 0. The normalized spacial score (nSPS) is 12.8. The zero-order valence-corrected chi connectivity index (χ0v) is 10.1. The summed E-state index contributed by atoms with van der Waals surface area (Å²) < 4.78 is 23.8. The van der Waals surface area contributed by atoms with Crippen LogP contribution in [0.2, 0.25) is 0 Å². The summed E-state index contributed by atoms with van der Waals surface area (Å²) in [5.74, 6) is -1.76. The van der Waals surface area contributed by atoms with Crippen LogP contribution < -0.4 is 5.32 Å². The van der Waals surface area contributed by atoms with E-state index >= 15 is 0 Å². The fraction of sp³-hybridized carbons (Fsp3) is 0.818. The predicted molar refractivity (Wildman–Crippen MR) is 58.8 cm³/mol. The summed E-state index contributed by atoms with van der Waals surface area (Å²) in [6.07, 6.45) is -1.92. The summed E-state index contributed by atoms with van der Waals surface area (Å²) in [6, 6.07) is 0. The van der Waals surface area contributed by atoms with Crippen molar-refractivity contribution in [1.82, 2.24) is 5.32 Å². The van der Waals surface area contributed by atoms with Crippen molar-refractivity contribution in [3.8, 4) is 0 Å². The van der Waals surface area contributed by atoms with E-state index in [4.69, 9.17) is 5.11 Å². The minimum atomic E-state index is -2.99. The number of carbonyl (C=O) groups excluding carboxylic acids is 1. The fourth-order valence-electron chi connectivity index (χ4n) is 1.58. The number of hydrogen-bond acceptors (Lipinski definition) is 2. The van der Waals surface area contributed by atoms with E-state index in [-0.39, 0.29) is 24.8 Å². The van der Waals surface area contributed by atoms with Crippen LogP contribution in [0.4, 0.5) is 8.78 Å². The molecule has 0 aliphatic rings. The molecule has 0 aromatic carbocycles. The van der Waals surface area contributed by atoms with Gasteiger partial charge in [-0.15, -0.1) is 0 Å². The van der Waals surface area contributed by atoms with Gasteiger partial charge in [0.25, 0.3) is 5.91 Å². The Hall–Kier alpha value is -1.20. The molecule has 0 saturated heterocycles. The number of amides is 1. The lowest BCUT2D eigenvalue weighted by Crippen LogP contribution is -2.31. The molecule has 1 amide bonds. The Labute approximate surface area is 99.4 Å². The molecule has 0 heterocycles. The first-order valence-corrected chi connectivity index (χ1v) is 5.62. The lowest BCUT2D eigenvalue weighted by atomic mass is 9.88. The molecule has 0 aromatic rings. The minimum absolute atomic E-state index is 0.0612. The first-order valence-electron chi connectivity index (χ1n) is 5.62. The monoisotopic (exact) mass is 251 g/mol. The highest BCUT2D eigenvalue weighted by atomic mass is 19.3. The largest absolute Gasteiger partial charge is 0.481 e. The molecule has 2 N–H and O–H groups in total. The van der Waals surface area contributed by atoms with Crippen LogP contribution >= 0.6 is 0 Å². The topological polar surface area (TPSA) is 66.4 Å². The second kappa shape index (κ2) is 7.97. The molecule has 0 saturated carbocycles. The second-order valence-electron chi connectivity index (χ2n) is 4.32. The molecule has 17 heavy (non-hydrogen) atoms. The van der Waals surface area contributed by atoms with Gasteiger partial charge in [-0.05, 0) is 24.7 Å². The molecule has 0 radical (unpaired) electrons. The maximum absolute atomic E-state index is 11.9. The Morgan fingerprint density at radius 1 is 1.24 bits per heavy atom. The quantitative estimate of drug-likeness (QED) is 0.692. The molecule has 0 spiro atoms. The van der Waals surface area contributed by atoms with Crippen molar-refractivity contribution >= 4 is 11.9 Å². The highest BCUT2D eigenvalue weighted by Crippen LogP contribution is 2.20. The van der Waals surface area contributed by atoms with Crippen molar-refractivity contribution < 1.29 is 23.5 Å². The van der Waals surface area contributed by atoms with Gasteiger partial charge in [-0.3, -0.25) is 9.59 Å². The third-order valence-electron chi connectivity index (χ3n) is 2.68. The van der Waals surface area contributed by atoms with E-state index in [1.807, 2.05) is 13.8 Å². The maximum atomic E-state index is 11.9. The molecule has 1 atom stereocenters. The summed E-state index contributed by atoms with van der Waals surface area (Å²) in [5.41, 5.74) is 0. The van der Waals surface area contributed by atoms with Gasteiger partial charge in [0, 0.05) is 13.0 Å². The Bertz CT molecular complexity index is 257. The van der Waals surface area contributed by atoms with E-state index in [9.17, 15) is 18.4 Å². The van der Waals surface area contributed by atoms with Gasteiger partial charge in [-0.1, -0.05) is 13.8 Å². The van der Waals surface area contributed by atoms with Crippen LogP contribution in [-0.2, 0) is 9.59 Å². The number of carboxylic acids is 1. The summed E-state index contributed by atoms with van der Waals surface area (Å²) in [4.78, 5) is 21.0. The molecule has 0 aliphatic carbocycles. The number of hydrogen-bond donors (Lipinski definition) is 2. The van der Waals surface area contributed by atoms with Gasteiger partial charge in [0.05, 0.1) is 0 Å². The molecular formula is C11H19F2NO3. The van der Waals surface area contributed by atoms with Crippen LogP contribution in [0.15, 0.2) is 0 Å². The number of aliphatic carboxylic acids is 1. The van der Waals surface area contributed by atoms with Crippen LogP contribution in [0.5, 0.6) is 0 Å². The Balaban J connectivity index is 3.93. The van der Waals surface area contributed by atoms with Crippen LogP contribution in [0.25, 0.3) is 0 Å². The highest BCUT2D eigenvalue weighted by molar-refractivity contribution is 5.78. The van der Waals surface area contributed by atoms with Gasteiger partial charge >= 0.3 is 12.4 Å². The maximum Gasteiger partial charge on any atom is 0.315 e. The lowest BCUT2D eigenvalue weighted by Gasteiger charge is -2.20. The molecule has 0 fully saturated rings. The van der Waals surface area contributed by atoms with Crippen LogP contribution in [0.3, 0.4) is 0 Å². The highest BCUT2D eigenvalue weighted by Gasteiger charge is 2.17. The van der Waals surface area contributed by atoms with Crippen molar-refractivity contribution in [1.29, 1.82) is 0 Å². The van der Waals surface area contributed by atoms with Gasteiger partial charge in [0.15, 0.2) is 0 Å². The number of alkyl halides is 2. The summed E-state index contributed by atoms with van der Waals surface area (Å²) in [5, 5.41) is 10.7. The van der Waals surface area contributed by atoms with E-state index in [0.717, 1.165) is 0 Å². The van der Waals surface area contributed by atoms with E-state index in [0.29, 0.717) is 12.8 Å². The Morgan fingerprint density at radius 3 is 2.24 bits per heavy atom. The first-order chi connectivity index (χ1) is 7.84. The second-order valence-corrected chi connectivity index (χ2v) is 4.32. The molecule has 4 nitrogen and oxygen atoms in total. The SMILES string of the molecule is CC(C)C(CCNC(=O)C(F)F)CCC(=O)O. The molecule has 0 rings (SSSR count). The zero-order valence-electron chi connectivity index (χ0n) is 10.1. The van der Waals surface area contributed by atoms with Gasteiger partial charge in [0.1, 0.15) is 0 Å². The standard InChI is InChI=1S/C11H19F2NO3/c1-7(2)8(3-4-9(15)16)5-6-14-11(17)10(12)13/h7-8,10H,3-6H2,1-2H3,(H,14,17)(H,15,16). The number of carbonyl (C=O) groups is 2.